The number of ketones is 3. The number of carbonyl (C=O) groups is 5. The Kier molecular flexibility index (Phi) is 24.2. The molecular formula is C54H85NO15. The van der Waals surface area contributed by atoms with E-state index in [1.165, 1.54) is 4.90 Å². The molecule has 0 aromatic rings. The molecule has 16 nitrogen and oxygen atoms in total. The van der Waals surface area contributed by atoms with E-state index < -0.39 is 83.5 Å². The molecule has 3 heterocycles. The van der Waals surface area contributed by atoms with Crippen molar-refractivity contribution in [2.24, 2.45) is 35.5 Å². The van der Waals surface area contributed by atoms with Gasteiger partial charge in [0.2, 0.25) is 5.79 Å². The molecule has 2 saturated heterocycles. The number of allylic oxidation sites excluding steroid dienone is 6. The molecular weight excluding hydrogens is 903 g/mol. The number of hydrogen-bond donors (Lipinski definition) is 4. The third-order valence-corrected chi connectivity index (χ3v) is 15.0. The van der Waals surface area contributed by atoms with Crippen molar-refractivity contribution in [3.8, 4) is 0 Å². The predicted octanol–water partition coefficient (Wildman–Crippen LogP) is 5.56. The lowest BCUT2D eigenvalue weighted by Gasteiger charge is -2.42. The molecule has 4 rings (SSSR count). The van der Waals surface area contributed by atoms with Crippen molar-refractivity contribution in [1.29, 1.82) is 0 Å². The lowest BCUT2D eigenvalue weighted by atomic mass is 9.78. The van der Waals surface area contributed by atoms with E-state index in [9.17, 15) is 44.4 Å². The molecule has 0 aromatic heterocycles. The summed E-state index contributed by atoms with van der Waals surface area (Å²) in [7, 11) is 3.19. The maximum Gasteiger partial charge on any atom is 0.329 e. The van der Waals surface area contributed by atoms with Crippen LogP contribution in [-0.2, 0) is 52.4 Å². The topological polar surface area (TPSA) is 225 Å². The summed E-state index contributed by atoms with van der Waals surface area (Å²) < 4.78 is 35.9. The molecule has 4 aliphatic rings. The molecule has 0 aromatic carbocycles. The third kappa shape index (κ3) is 16.3. The molecule has 3 fully saturated rings. The summed E-state index contributed by atoms with van der Waals surface area (Å²) in [6.07, 6.45) is 11.3. The van der Waals surface area contributed by atoms with E-state index in [-0.39, 0.29) is 81.6 Å². The zero-order valence-electron chi connectivity index (χ0n) is 43.3. The quantitative estimate of drug-likeness (QED) is 0.113. The molecule has 1 amide bonds. The van der Waals surface area contributed by atoms with Crippen molar-refractivity contribution in [2.45, 2.75) is 180 Å². The van der Waals surface area contributed by atoms with Crippen LogP contribution in [0.2, 0.25) is 0 Å². The average molecular weight is 988 g/mol. The number of esters is 1. The molecule has 0 radical (unpaired) electrons. The average Bonchev–Trinajstić information content (AvgIpc) is 3.34. The summed E-state index contributed by atoms with van der Waals surface area (Å²) in [6.45, 7) is 12.2. The van der Waals surface area contributed by atoms with Gasteiger partial charge in [0.25, 0.3) is 11.7 Å². The van der Waals surface area contributed by atoms with Gasteiger partial charge in [0.1, 0.15) is 30.1 Å². The van der Waals surface area contributed by atoms with Crippen molar-refractivity contribution in [3.05, 3.63) is 47.6 Å². The van der Waals surface area contributed by atoms with E-state index in [2.05, 4.69) is 0 Å². The van der Waals surface area contributed by atoms with Crippen LogP contribution in [0.1, 0.15) is 126 Å². The maximum absolute atomic E-state index is 14.5. The number of fused-ring (bicyclic) bond motifs is 3. The zero-order chi connectivity index (χ0) is 51.7. The van der Waals surface area contributed by atoms with Crippen LogP contribution in [0.3, 0.4) is 0 Å². The third-order valence-electron chi connectivity index (χ3n) is 15.0. The van der Waals surface area contributed by atoms with E-state index in [0.717, 1.165) is 12.0 Å². The van der Waals surface area contributed by atoms with Crippen molar-refractivity contribution < 1.29 is 72.8 Å². The fourth-order valence-electron chi connectivity index (χ4n) is 10.7. The minimum absolute atomic E-state index is 0.0403. The van der Waals surface area contributed by atoms with Crippen LogP contribution in [-0.4, -0.2) is 156 Å². The zero-order valence-corrected chi connectivity index (χ0v) is 43.3. The second kappa shape index (κ2) is 28.7. The molecule has 1 aliphatic carbocycles. The van der Waals surface area contributed by atoms with Gasteiger partial charge in [0.05, 0.1) is 50.8 Å². The highest BCUT2D eigenvalue weighted by Crippen LogP contribution is 2.38. The molecule has 4 N–H and O–H groups in total. The van der Waals surface area contributed by atoms with Gasteiger partial charge >= 0.3 is 5.97 Å². The van der Waals surface area contributed by atoms with Gasteiger partial charge in [-0.1, -0.05) is 71.1 Å². The van der Waals surface area contributed by atoms with E-state index in [1.54, 1.807) is 48.0 Å². The van der Waals surface area contributed by atoms with Crippen LogP contribution in [0.15, 0.2) is 47.6 Å². The van der Waals surface area contributed by atoms with Crippen LogP contribution in [0.5, 0.6) is 0 Å². The normalized spacial score (nSPS) is 36.0. The number of carbonyl (C=O) groups excluding carboxylic acids is 5. The van der Waals surface area contributed by atoms with E-state index >= 15 is 0 Å². The minimum Gasteiger partial charge on any atom is -0.460 e. The fourth-order valence-corrected chi connectivity index (χ4v) is 10.7. The molecule has 2 bridgehead atoms. The van der Waals surface area contributed by atoms with Crippen molar-refractivity contribution in [2.75, 3.05) is 47.2 Å². The first-order chi connectivity index (χ1) is 33.3. The summed E-state index contributed by atoms with van der Waals surface area (Å²) in [6, 6.07) is -1.16. The molecule has 16 heteroatoms. The Morgan fingerprint density at radius 2 is 1.54 bits per heavy atom. The Bertz CT molecular complexity index is 1850. The van der Waals surface area contributed by atoms with Gasteiger partial charge in [0, 0.05) is 51.4 Å². The molecule has 396 valence electrons. The lowest BCUT2D eigenvalue weighted by Crippen LogP contribution is -2.61. The molecule has 70 heavy (non-hydrogen) atoms. The Morgan fingerprint density at radius 1 is 0.829 bits per heavy atom. The molecule has 1 unspecified atom stereocenters. The number of nitrogens with zero attached hydrogens (tertiary/aromatic N) is 1. The Labute approximate surface area is 416 Å². The van der Waals surface area contributed by atoms with Crippen LogP contribution < -0.4 is 0 Å². The van der Waals surface area contributed by atoms with Gasteiger partial charge in [-0.05, 0) is 107 Å². The number of cyclic esters (lactones) is 1. The fraction of sp³-hybridized carbons (Fsp3) is 0.759. The number of rotatable bonds is 11. The Hall–Kier alpha value is -3.45. The molecule has 3 aliphatic heterocycles. The summed E-state index contributed by atoms with van der Waals surface area (Å²) in [4.78, 5) is 72.4. The predicted molar refractivity (Wildman–Crippen MR) is 262 cm³/mol. The second-order valence-electron chi connectivity index (χ2n) is 20.5. The maximum atomic E-state index is 14.5. The number of amides is 1. The standard InChI is InChI=1S/C54H85NO15/c1-33-15-11-10-12-16-34(2)45(65-8)31-41-20-18-39(7)54(64,70-41)51(61)52(62)55-22-14-13-17-42(55)53(63)69-46(36(4)29-40-19-21-44(67-25-23-56)47(30-40)66-9)32-43(58)35(3)28-38(6)50(68-26-24-57)49(60)48(59)37(5)27-33/h10-12,15-16,28,33,35-37,39-42,44-47,49-50,56-57,60,64H,13-14,17-27,29-32H2,1-9H3/t33-,35-,36-,37-,39-,40+,41+,42?,44-,45+,46+,47-,49+,50-,54-/m1/s1. The van der Waals surface area contributed by atoms with Gasteiger partial charge in [-0.3, -0.25) is 19.2 Å². The Morgan fingerprint density at radius 3 is 2.23 bits per heavy atom. The highest BCUT2D eigenvalue weighted by atomic mass is 16.6. The van der Waals surface area contributed by atoms with Gasteiger partial charge in [-0.2, -0.15) is 0 Å². The lowest BCUT2D eigenvalue weighted by molar-refractivity contribution is -0.265. The van der Waals surface area contributed by atoms with Crippen LogP contribution in [0, 0.1) is 35.5 Å². The van der Waals surface area contributed by atoms with Gasteiger partial charge < -0.3 is 53.7 Å². The number of Topliss-reactive ketones (excluding diaryl/α,β-unsaturated/α-hetero) is 3. The van der Waals surface area contributed by atoms with Crippen LogP contribution in [0.4, 0.5) is 0 Å². The van der Waals surface area contributed by atoms with E-state index in [1.807, 2.05) is 51.2 Å². The van der Waals surface area contributed by atoms with E-state index in [4.69, 9.17) is 28.4 Å². The summed E-state index contributed by atoms with van der Waals surface area (Å²) in [5.74, 6) is -8.47. The summed E-state index contributed by atoms with van der Waals surface area (Å²) in [5.41, 5.74) is 1.28. The highest BCUT2D eigenvalue weighted by molar-refractivity contribution is 6.39. The number of methoxy groups -OCH3 is 2. The minimum atomic E-state index is -2.45. The van der Waals surface area contributed by atoms with Gasteiger partial charge in [-0.15, -0.1) is 0 Å². The van der Waals surface area contributed by atoms with Crippen LogP contribution >= 0.6 is 0 Å². The number of hydrogen-bond acceptors (Lipinski definition) is 15. The Balaban J connectivity index is 1.72. The number of ether oxygens (including phenoxy) is 6. The summed E-state index contributed by atoms with van der Waals surface area (Å²) in [5, 5.41) is 42.5. The number of aliphatic hydroxyl groups is 4. The number of aliphatic hydroxyl groups excluding tert-OH is 3. The molecule has 0 spiro atoms. The molecule has 1 saturated carbocycles. The first kappa shape index (κ1) is 59.1. The van der Waals surface area contributed by atoms with E-state index in [0.29, 0.717) is 63.4 Å². The van der Waals surface area contributed by atoms with Crippen molar-refractivity contribution in [1.82, 2.24) is 4.90 Å². The second-order valence-corrected chi connectivity index (χ2v) is 20.5. The van der Waals surface area contributed by atoms with Gasteiger partial charge in [-0.25, -0.2) is 4.79 Å². The smallest absolute Gasteiger partial charge is 0.329 e. The van der Waals surface area contributed by atoms with Crippen molar-refractivity contribution in [3.63, 3.8) is 0 Å². The monoisotopic (exact) mass is 988 g/mol. The summed E-state index contributed by atoms with van der Waals surface area (Å²) >= 11 is 0. The first-order valence-electron chi connectivity index (χ1n) is 25.7. The van der Waals surface area contributed by atoms with Crippen LogP contribution in [0.25, 0.3) is 0 Å². The largest absolute Gasteiger partial charge is 0.460 e. The highest BCUT2D eigenvalue weighted by Gasteiger charge is 2.53. The van der Waals surface area contributed by atoms with Crippen molar-refractivity contribution >= 4 is 29.2 Å². The molecule has 15 atom stereocenters. The number of piperidine rings is 1. The van der Waals surface area contributed by atoms with Gasteiger partial charge in [0.15, 0.2) is 5.78 Å². The SMILES string of the molecule is CO[C@H]1C[C@@H]2CC[C@@H](C)[C@@](O)(O2)C(=O)C(=O)N2CCCCC2C(=O)O[C@H]([C@H](C)C[C@@H]2CC[C@@H](OCCO)[C@H](OC)C2)CC(=O)[C@H](C)C=C(C)[C@@H](OCCO)[C@@H](O)C(=O)[C@H](C)C[C@H](C)C=CC=CC=C1C. The first-order valence-corrected chi connectivity index (χ1v) is 25.7.